The van der Waals surface area contributed by atoms with E-state index in [-0.39, 0.29) is 5.75 Å². The number of rotatable bonds is 3. The number of aryl methyl sites for hydroxylation is 1. The van der Waals surface area contributed by atoms with E-state index in [1.807, 2.05) is 25.2 Å². The number of para-hydroxylation sites is 1. The van der Waals surface area contributed by atoms with Gasteiger partial charge in [0.15, 0.2) is 0 Å². The zero-order valence-corrected chi connectivity index (χ0v) is 11.3. The van der Waals surface area contributed by atoms with Gasteiger partial charge in [0, 0.05) is 24.8 Å². The number of hydrogen-bond acceptors (Lipinski definition) is 2. The van der Waals surface area contributed by atoms with E-state index in [1.165, 1.54) is 5.56 Å². The van der Waals surface area contributed by atoms with Crippen molar-refractivity contribution in [1.82, 2.24) is 0 Å². The van der Waals surface area contributed by atoms with E-state index < -0.39 is 0 Å². The van der Waals surface area contributed by atoms with Crippen molar-refractivity contribution in [2.24, 2.45) is 0 Å². The molecule has 2 aromatic carbocycles. The lowest BCUT2D eigenvalue weighted by molar-refractivity contribution is 0.468. The second-order valence-corrected chi connectivity index (χ2v) is 4.85. The molecule has 0 bridgehead atoms. The first-order valence-corrected chi connectivity index (χ1v) is 6.20. The van der Waals surface area contributed by atoms with Gasteiger partial charge in [-0.3, -0.25) is 0 Å². The fraction of sp³-hybridized carbons (Fsp3) is 0.200. The van der Waals surface area contributed by atoms with Crippen molar-refractivity contribution in [3.05, 3.63) is 58.6 Å². The van der Waals surface area contributed by atoms with Gasteiger partial charge in [-0.05, 0) is 30.7 Å². The molecule has 2 aromatic rings. The van der Waals surface area contributed by atoms with Crippen LogP contribution in [-0.2, 0) is 6.54 Å². The summed E-state index contributed by atoms with van der Waals surface area (Å²) in [5, 5.41) is 10.3. The van der Waals surface area contributed by atoms with Gasteiger partial charge in [0.25, 0.3) is 0 Å². The normalized spacial score (nSPS) is 10.4. The maximum Gasteiger partial charge on any atom is 0.139 e. The van der Waals surface area contributed by atoms with E-state index in [4.69, 9.17) is 11.6 Å². The Labute approximate surface area is 112 Å². The second-order valence-electron chi connectivity index (χ2n) is 4.44. The van der Waals surface area contributed by atoms with Crippen LogP contribution in [0.25, 0.3) is 0 Å². The monoisotopic (exact) mass is 261 g/mol. The minimum Gasteiger partial charge on any atom is -0.506 e. The summed E-state index contributed by atoms with van der Waals surface area (Å²) < 4.78 is 0. The highest BCUT2D eigenvalue weighted by Gasteiger charge is 2.08. The minimum absolute atomic E-state index is 0.165. The van der Waals surface area contributed by atoms with Gasteiger partial charge >= 0.3 is 0 Å². The van der Waals surface area contributed by atoms with Crippen LogP contribution in [0.15, 0.2) is 42.5 Å². The molecule has 94 valence electrons. The molecule has 1 N–H and O–H groups in total. The predicted molar refractivity (Wildman–Crippen MR) is 76.4 cm³/mol. The lowest BCUT2D eigenvalue weighted by Gasteiger charge is -2.20. The van der Waals surface area contributed by atoms with Gasteiger partial charge in [-0.2, -0.15) is 0 Å². The van der Waals surface area contributed by atoms with E-state index in [0.29, 0.717) is 11.6 Å². The number of benzene rings is 2. The van der Waals surface area contributed by atoms with Crippen LogP contribution in [0.5, 0.6) is 5.75 Å². The third kappa shape index (κ3) is 2.77. The predicted octanol–water partition coefficient (Wildman–Crippen LogP) is 3.99. The maximum atomic E-state index is 9.89. The van der Waals surface area contributed by atoms with Crippen molar-refractivity contribution < 1.29 is 5.11 Å². The highest BCUT2D eigenvalue weighted by molar-refractivity contribution is 6.32. The summed E-state index contributed by atoms with van der Waals surface area (Å²) in [6.07, 6.45) is 0. The number of hydrogen-bond donors (Lipinski definition) is 1. The highest BCUT2D eigenvalue weighted by atomic mass is 35.5. The number of nitrogens with zero attached hydrogens (tertiary/aromatic N) is 1. The molecule has 0 aromatic heterocycles. The highest BCUT2D eigenvalue weighted by Crippen LogP contribution is 2.28. The Hall–Kier alpha value is -1.67. The zero-order valence-electron chi connectivity index (χ0n) is 10.5. The van der Waals surface area contributed by atoms with E-state index in [0.717, 1.165) is 11.3 Å². The van der Waals surface area contributed by atoms with Gasteiger partial charge in [-0.15, -0.1) is 0 Å². The fourth-order valence-electron chi connectivity index (χ4n) is 1.90. The summed E-state index contributed by atoms with van der Waals surface area (Å²) in [7, 11) is 2.00. The molecule has 0 saturated heterocycles. The minimum atomic E-state index is 0.165. The zero-order chi connectivity index (χ0) is 13.1. The van der Waals surface area contributed by atoms with Crippen LogP contribution in [0, 0.1) is 6.92 Å². The molecular weight excluding hydrogens is 246 g/mol. The van der Waals surface area contributed by atoms with Gasteiger partial charge in [-0.25, -0.2) is 0 Å². The number of aromatic hydroxyl groups is 1. The average Bonchev–Trinajstić information content (AvgIpc) is 2.35. The maximum absolute atomic E-state index is 9.89. The summed E-state index contributed by atoms with van der Waals surface area (Å²) in [5.41, 5.74) is 3.16. The summed E-state index contributed by atoms with van der Waals surface area (Å²) >= 11 is 5.90. The molecule has 0 amide bonds. The van der Waals surface area contributed by atoms with Crippen LogP contribution >= 0.6 is 11.6 Å². The summed E-state index contributed by atoms with van der Waals surface area (Å²) in [4.78, 5) is 2.08. The van der Waals surface area contributed by atoms with Crippen molar-refractivity contribution >= 4 is 17.3 Å². The van der Waals surface area contributed by atoms with Crippen molar-refractivity contribution in [3.63, 3.8) is 0 Å². The van der Waals surface area contributed by atoms with Crippen LogP contribution in [0.3, 0.4) is 0 Å². The lowest BCUT2D eigenvalue weighted by Crippen LogP contribution is -2.16. The van der Waals surface area contributed by atoms with E-state index in [1.54, 1.807) is 6.07 Å². The van der Waals surface area contributed by atoms with Crippen LogP contribution in [0.1, 0.15) is 11.1 Å². The van der Waals surface area contributed by atoms with Gasteiger partial charge in [0.05, 0.1) is 5.02 Å². The topological polar surface area (TPSA) is 23.5 Å². The SMILES string of the molecule is Cc1cccc(N(C)Cc2cccc(Cl)c2O)c1. The molecule has 0 saturated carbocycles. The molecule has 18 heavy (non-hydrogen) atoms. The largest absolute Gasteiger partial charge is 0.506 e. The Morgan fingerprint density at radius 3 is 2.61 bits per heavy atom. The second kappa shape index (κ2) is 5.32. The molecular formula is C15H16ClNO. The number of phenols is 1. The Kier molecular flexibility index (Phi) is 3.78. The van der Waals surface area contributed by atoms with Crippen molar-refractivity contribution in [2.75, 3.05) is 11.9 Å². The third-order valence-corrected chi connectivity index (χ3v) is 3.23. The molecule has 0 spiro atoms. The number of phenolic OH excluding ortho intramolecular Hbond substituents is 1. The van der Waals surface area contributed by atoms with Crippen LogP contribution in [0.4, 0.5) is 5.69 Å². The number of anilines is 1. The molecule has 0 aliphatic heterocycles. The molecule has 2 rings (SSSR count). The van der Waals surface area contributed by atoms with Gasteiger partial charge in [0.2, 0.25) is 0 Å². The lowest BCUT2D eigenvalue weighted by atomic mass is 10.1. The summed E-state index contributed by atoms with van der Waals surface area (Å²) in [6, 6.07) is 13.7. The molecule has 0 atom stereocenters. The Morgan fingerprint density at radius 1 is 1.17 bits per heavy atom. The van der Waals surface area contributed by atoms with Gasteiger partial charge < -0.3 is 10.0 Å². The first-order valence-electron chi connectivity index (χ1n) is 5.82. The van der Waals surface area contributed by atoms with Crippen LogP contribution in [0.2, 0.25) is 5.02 Å². The molecule has 3 heteroatoms. The van der Waals surface area contributed by atoms with Gasteiger partial charge in [0.1, 0.15) is 5.75 Å². The molecule has 0 fully saturated rings. The molecule has 0 heterocycles. The smallest absolute Gasteiger partial charge is 0.139 e. The summed E-state index contributed by atoms with van der Waals surface area (Å²) in [6.45, 7) is 2.68. The van der Waals surface area contributed by atoms with E-state index in [9.17, 15) is 5.11 Å². The molecule has 0 radical (unpaired) electrons. The van der Waals surface area contributed by atoms with E-state index in [2.05, 4.69) is 30.0 Å². The van der Waals surface area contributed by atoms with Gasteiger partial charge in [-0.1, -0.05) is 35.9 Å². The molecule has 0 unspecified atom stereocenters. The van der Waals surface area contributed by atoms with Crippen molar-refractivity contribution in [3.8, 4) is 5.75 Å². The Morgan fingerprint density at radius 2 is 1.89 bits per heavy atom. The van der Waals surface area contributed by atoms with Crippen LogP contribution in [-0.4, -0.2) is 12.2 Å². The van der Waals surface area contributed by atoms with Crippen LogP contribution < -0.4 is 4.90 Å². The quantitative estimate of drug-likeness (QED) is 0.903. The molecule has 0 aliphatic carbocycles. The third-order valence-electron chi connectivity index (χ3n) is 2.92. The fourth-order valence-corrected chi connectivity index (χ4v) is 2.09. The summed E-state index contributed by atoms with van der Waals surface area (Å²) in [5.74, 6) is 0.165. The standard InChI is InChI=1S/C15H16ClNO/c1-11-5-3-7-13(9-11)17(2)10-12-6-4-8-14(16)15(12)18/h3-9,18H,10H2,1-2H3. The Bertz CT molecular complexity index is 554. The first kappa shape index (κ1) is 12.8. The number of halogens is 1. The molecule has 2 nitrogen and oxygen atoms in total. The molecule has 0 aliphatic rings. The Balaban J connectivity index is 2.21. The average molecular weight is 262 g/mol. The first-order chi connectivity index (χ1) is 8.58. The van der Waals surface area contributed by atoms with Crippen molar-refractivity contribution in [1.29, 1.82) is 0 Å². The van der Waals surface area contributed by atoms with E-state index >= 15 is 0 Å². The van der Waals surface area contributed by atoms with Crippen molar-refractivity contribution in [2.45, 2.75) is 13.5 Å².